The zero-order chi connectivity index (χ0) is 20.6. The summed E-state index contributed by atoms with van der Waals surface area (Å²) >= 11 is 0. The zero-order valence-corrected chi connectivity index (χ0v) is 18.3. The van der Waals surface area contributed by atoms with Gasteiger partial charge in [0.2, 0.25) is 0 Å². The Kier molecular flexibility index (Phi) is 15.7. The van der Waals surface area contributed by atoms with Crippen LogP contribution in [0.2, 0.25) is 0 Å². The number of aliphatic hydroxyl groups is 1. The molecule has 0 saturated carbocycles. The molecule has 0 aromatic rings. The van der Waals surface area contributed by atoms with Crippen LogP contribution in [-0.4, -0.2) is 22.3 Å². The first-order chi connectivity index (χ1) is 11.9. The average Bonchev–Trinajstić information content (AvgIpc) is 2.48. The van der Waals surface area contributed by atoms with Crippen LogP contribution >= 0.6 is 0 Å². The van der Waals surface area contributed by atoms with E-state index in [1.54, 1.807) is 0 Å². The normalized spacial score (nSPS) is 13.7. The molecule has 0 aliphatic rings. The molecule has 0 aromatic carbocycles. The first-order valence-electron chi connectivity index (χ1n) is 10.1. The maximum Gasteiger partial charge on any atom is 0.303 e. The predicted molar refractivity (Wildman–Crippen MR) is 113 cm³/mol. The quantitative estimate of drug-likeness (QED) is 0.331. The van der Waals surface area contributed by atoms with E-state index in [0.717, 1.165) is 32.1 Å². The van der Waals surface area contributed by atoms with E-state index >= 15 is 0 Å². The highest BCUT2D eigenvalue weighted by Gasteiger charge is 2.06. The zero-order valence-electron chi connectivity index (χ0n) is 18.3. The van der Waals surface area contributed by atoms with Crippen LogP contribution < -0.4 is 0 Å². The van der Waals surface area contributed by atoms with Crippen molar-refractivity contribution in [3.63, 3.8) is 0 Å². The fourth-order valence-electron chi connectivity index (χ4n) is 2.03. The molecule has 3 nitrogen and oxygen atoms in total. The highest BCUT2D eigenvalue weighted by atomic mass is 16.4. The van der Waals surface area contributed by atoms with Crippen molar-refractivity contribution in [1.82, 2.24) is 0 Å². The van der Waals surface area contributed by atoms with Gasteiger partial charge in [-0.25, -0.2) is 0 Å². The molecule has 2 N–H and O–H groups in total. The third-order valence-electron chi connectivity index (χ3n) is 3.58. The summed E-state index contributed by atoms with van der Waals surface area (Å²) in [5.41, 5.74) is 0.523. The molecule has 0 spiro atoms. The first kappa shape index (κ1) is 27.1. The highest BCUT2D eigenvalue weighted by molar-refractivity contribution is 5.66. The minimum absolute atomic E-state index is 0.186. The van der Waals surface area contributed by atoms with Crippen LogP contribution in [0.15, 0.2) is 24.3 Å². The number of hydrogen-bond donors (Lipinski definition) is 2. The monoisotopic (exact) mass is 368 g/mol. The summed E-state index contributed by atoms with van der Waals surface area (Å²) in [7, 11) is 0. The third kappa shape index (κ3) is 27.7. The molecule has 0 aliphatic carbocycles. The Morgan fingerprint density at radius 2 is 1.62 bits per heavy atom. The number of hydrogen-bond acceptors (Lipinski definition) is 2. The van der Waals surface area contributed by atoms with Gasteiger partial charge in [0.05, 0.1) is 6.10 Å². The van der Waals surface area contributed by atoms with E-state index in [9.17, 15) is 9.90 Å². The molecule has 0 amide bonds. The molecule has 0 bridgehead atoms. The molecule has 154 valence electrons. The second-order valence-corrected chi connectivity index (χ2v) is 9.31. The van der Waals surface area contributed by atoms with Gasteiger partial charge in [-0.05, 0) is 36.5 Å². The van der Waals surface area contributed by atoms with Gasteiger partial charge >= 0.3 is 5.97 Å². The largest absolute Gasteiger partial charge is 0.481 e. The van der Waals surface area contributed by atoms with Crippen LogP contribution in [0.4, 0.5) is 0 Å². The molecule has 0 radical (unpaired) electrons. The minimum Gasteiger partial charge on any atom is -0.481 e. The van der Waals surface area contributed by atoms with E-state index in [2.05, 4.69) is 66.7 Å². The summed E-state index contributed by atoms with van der Waals surface area (Å²) in [6.07, 6.45) is 15.4. The van der Waals surface area contributed by atoms with Gasteiger partial charge in [-0.2, -0.15) is 0 Å². The molecule has 0 unspecified atom stereocenters. The van der Waals surface area contributed by atoms with Crippen LogP contribution in [-0.2, 0) is 4.79 Å². The lowest BCUT2D eigenvalue weighted by atomic mass is 9.92. The molecule has 1 atom stereocenters. The molecule has 0 aliphatic heterocycles. The van der Waals surface area contributed by atoms with E-state index < -0.39 is 5.97 Å². The van der Waals surface area contributed by atoms with Crippen molar-refractivity contribution in [2.75, 3.05) is 0 Å². The maximum absolute atomic E-state index is 10.2. The molecule has 26 heavy (non-hydrogen) atoms. The number of aliphatic hydroxyl groups excluding tert-OH is 1. The van der Waals surface area contributed by atoms with Crippen molar-refractivity contribution < 1.29 is 15.0 Å². The Hall–Kier alpha value is -1.09. The van der Waals surface area contributed by atoms with E-state index in [1.165, 1.54) is 12.8 Å². The van der Waals surface area contributed by atoms with Crippen LogP contribution in [0.25, 0.3) is 0 Å². The Labute approximate surface area is 162 Å². The Balaban J connectivity index is 0. The van der Waals surface area contributed by atoms with Crippen molar-refractivity contribution in [3.8, 4) is 0 Å². The van der Waals surface area contributed by atoms with Crippen LogP contribution in [0, 0.1) is 10.8 Å². The first-order valence-corrected chi connectivity index (χ1v) is 10.1. The van der Waals surface area contributed by atoms with Crippen LogP contribution in [0.5, 0.6) is 0 Å². The van der Waals surface area contributed by atoms with Crippen molar-refractivity contribution in [2.45, 2.75) is 106 Å². The fraction of sp³-hybridized carbons (Fsp3) is 0.783. The SMILES string of the molecule is CC(C)(C)C/C=C/CCCC(=O)O.CCCCC[C@H](O)/C=C/C(C)(C)C. The summed E-state index contributed by atoms with van der Waals surface area (Å²) in [6.45, 7) is 15.2. The average molecular weight is 369 g/mol. The standard InChI is InChI=1S/C12H24O.C11H20O2/c1-5-6-7-8-11(13)9-10-12(2,3)4;1-11(2,3)9-7-5-4-6-8-10(12)13/h9-11,13H,5-8H2,1-4H3;5,7H,4,6,8-9H2,1-3H3,(H,12,13)/b10-9+;7-5+/t11-;/m0./s1. The third-order valence-corrected chi connectivity index (χ3v) is 3.58. The molecule has 0 heterocycles. The van der Waals surface area contributed by atoms with Crippen LogP contribution in [0.3, 0.4) is 0 Å². The van der Waals surface area contributed by atoms with E-state index in [-0.39, 0.29) is 17.9 Å². The summed E-state index contributed by atoms with van der Waals surface area (Å²) in [6, 6.07) is 0. The van der Waals surface area contributed by atoms with Crippen molar-refractivity contribution >= 4 is 5.97 Å². The van der Waals surface area contributed by atoms with Gasteiger partial charge < -0.3 is 10.2 Å². The molecular formula is C23H44O3. The lowest BCUT2D eigenvalue weighted by Gasteiger charge is -2.14. The molecule has 0 rings (SSSR count). The van der Waals surface area contributed by atoms with E-state index in [4.69, 9.17) is 5.11 Å². The second kappa shape index (κ2) is 15.0. The van der Waals surface area contributed by atoms with Gasteiger partial charge in [-0.1, -0.05) is 92.0 Å². The van der Waals surface area contributed by atoms with E-state index in [0.29, 0.717) is 5.41 Å². The fourth-order valence-corrected chi connectivity index (χ4v) is 2.03. The number of carboxylic acid groups (broad SMARTS) is 1. The Morgan fingerprint density at radius 3 is 2.08 bits per heavy atom. The maximum atomic E-state index is 10.2. The van der Waals surface area contributed by atoms with Crippen molar-refractivity contribution in [1.29, 1.82) is 0 Å². The van der Waals surface area contributed by atoms with Gasteiger partial charge in [-0.3, -0.25) is 4.79 Å². The summed E-state index contributed by atoms with van der Waals surface area (Å²) in [5, 5.41) is 17.9. The molecule has 3 heteroatoms. The smallest absolute Gasteiger partial charge is 0.303 e. The molecule has 0 fully saturated rings. The summed E-state index contributed by atoms with van der Waals surface area (Å²) in [4.78, 5) is 10.2. The van der Waals surface area contributed by atoms with Crippen molar-refractivity contribution in [2.24, 2.45) is 10.8 Å². The highest BCUT2D eigenvalue weighted by Crippen LogP contribution is 2.19. The lowest BCUT2D eigenvalue weighted by molar-refractivity contribution is -0.137. The van der Waals surface area contributed by atoms with Gasteiger partial charge in [0.25, 0.3) is 0 Å². The second-order valence-electron chi connectivity index (χ2n) is 9.31. The van der Waals surface area contributed by atoms with Gasteiger partial charge in [0.15, 0.2) is 0 Å². The van der Waals surface area contributed by atoms with E-state index in [1.807, 2.05) is 6.08 Å². The summed E-state index contributed by atoms with van der Waals surface area (Å²) < 4.78 is 0. The number of allylic oxidation sites excluding steroid dienone is 3. The topological polar surface area (TPSA) is 57.5 Å². The Bertz CT molecular complexity index is 395. The number of carbonyl (C=O) groups is 1. The minimum atomic E-state index is -0.704. The van der Waals surface area contributed by atoms with Crippen molar-refractivity contribution in [3.05, 3.63) is 24.3 Å². The Morgan fingerprint density at radius 1 is 1.00 bits per heavy atom. The molecule has 0 saturated heterocycles. The molecule has 0 aromatic heterocycles. The lowest BCUT2D eigenvalue weighted by Crippen LogP contribution is -2.05. The van der Waals surface area contributed by atoms with Gasteiger partial charge in [0.1, 0.15) is 0 Å². The molecular weight excluding hydrogens is 324 g/mol. The van der Waals surface area contributed by atoms with Gasteiger partial charge in [0, 0.05) is 6.42 Å². The number of carboxylic acids is 1. The van der Waals surface area contributed by atoms with Crippen LogP contribution in [0.1, 0.15) is 99.8 Å². The van der Waals surface area contributed by atoms with Gasteiger partial charge in [-0.15, -0.1) is 0 Å². The summed E-state index contributed by atoms with van der Waals surface area (Å²) in [5.74, 6) is -0.704. The number of aliphatic carboxylic acids is 1. The number of rotatable bonds is 10. The predicted octanol–water partition coefficient (Wildman–Crippen LogP) is 6.76. The number of unbranched alkanes of at least 4 members (excludes halogenated alkanes) is 3.